The van der Waals surface area contributed by atoms with Crippen LogP contribution in [-0.4, -0.2) is 73.2 Å². The topological polar surface area (TPSA) is 113 Å². The van der Waals surface area contributed by atoms with Gasteiger partial charge in [0.05, 0.1) is 25.3 Å². The number of alkyl halides is 1. The van der Waals surface area contributed by atoms with Gasteiger partial charge in [0.15, 0.2) is 11.5 Å². The van der Waals surface area contributed by atoms with Crippen LogP contribution in [0.4, 0.5) is 0 Å². The van der Waals surface area contributed by atoms with Crippen molar-refractivity contribution in [3.63, 3.8) is 0 Å². The average Bonchev–Trinajstić information content (AvgIpc) is 3.59. The summed E-state index contributed by atoms with van der Waals surface area (Å²) in [6.45, 7) is 6.26. The van der Waals surface area contributed by atoms with Crippen LogP contribution in [0.5, 0.6) is 23.0 Å². The third kappa shape index (κ3) is 5.49. The van der Waals surface area contributed by atoms with Gasteiger partial charge in [-0.2, -0.15) is 5.26 Å². The monoisotopic (exact) mass is 684 g/mol. The Morgan fingerprint density at radius 1 is 1.04 bits per heavy atom. The van der Waals surface area contributed by atoms with Crippen molar-refractivity contribution in [1.82, 2.24) is 15.1 Å². The van der Waals surface area contributed by atoms with E-state index in [0.29, 0.717) is 48.5 Å². The molecule has 3 aromatic carbocycles. The van der Waals surface area contributed by atoms with Crippen LogP contribution >= 0.6 is 11.6 Å². The molecule has 7 rings (SSSR count). The Bertz CT molecular complexity index is 1860. The number of ether oxygens (including phenoxy) is 4. The Hall–Kier alpha value is -4.30. The lowest BCUT2D eigenvalue weighted by atomic mass is 9.71. The highest BCUT2D eigenvalue weighted by Gasteiger charge is 2.56. The van der Waals surface area contributed by atoms with E-state index in [9.17, 15) is 14.9 Å². The number of halogens is 1. The maximum atomic E-state index is 13.4. The molecule has 4 aliphatic heterocycles. The molecule has 0 aliphatic carbocycles. The molecule has 3 aromatic rings. The quantitative estimate of drug-likeness (QED) is 0.199. The molecule has 5 atom stereocenters. The Morgan fingerprint density at radius 2 is 1.80 bits per heavy atom. The molecule has 4 aliphatic rings. The van der Waals surface area contributed by atoms with Crippen LogP contribution in [0.3, 0.4) is 0 Å². The number of methoxy groups -OCH3 is 1. The number of benzene rings is 3. The first-order valence-electron chi connectivity index (χ1n) is 16.8. The number of hydrogen-bond acceptors (Lipinski definition) is 9. The number of nitriles is 1. The minimum Gasteiger partial charge on any atom is -0.496 e. The Balaban J connectivity index is 1.37. The lowest BCUT2D eigenvalue weighted by Gasteiger charge is -2.60. The fraction of sp³-hybridized carbons (Fsp3) is 0.447. The summed E-state index contributed by atoms with van der Waals surface area (Å²) in [4.78, 5) is 30.8. The van der Waals surface area contributed by atoms with Gasteiger partial charge in [-0.3, -0.25) is 19.4 Å². The van der Waals surface area contributed by atoms with E-state index in [1.54, 1.807) is 7.11 Å². The van der Waals surface area contributed by atoms with Crippen molar-refractivity contribution in [1.29, 1.82) is 5.26 Å². The number of fused-ring (bicyclic) bond motifs is 9. The van der Waals surface area contributed by atoms with Crippen LogP contribution in [0, 0.1) is 32.1 Å². The number of esters is 1. The second-order valence-electron chi connectivity index (χ2n) is 13.4. The smallest absolute Gasteiger partial charge is 0.326 e. The van der Waals surface area contributed by atoms with E-state index in [1.807, 2.05) is 37.3 Å². The first kappa shape index (κ1) is 33.2. The van der Waals surface area contributed by atoms with Gasteiger partial charge in [-0.15, -0.1) is 11.6 Å². The number of rotatable bonds is 8. The summed E-state index contributed by atoms with van der Waals surface area (Å²) in [6.07, 6.45) is 2.09. The first-order chi connectivity index (χ1) is 23.7. The van der Waals surface area contributed by atoms with Gasteiger partial charge in [0.25, 0.3) is 0 Å². The minimum absolute atomic E-state index is 0.0104. The minimum atomic E-state index is -0.575. The highest BCUT2D eigenvalue weighted by Crippen LogP contribution is 2.57. The molecule has 1 amide bonds. The number of aryl methyl sites for hydroxylation is 2. The van der Waals surface area contributed by atoms with E-state index in [0.717, 1.165) is 33.6 Å². The zero-order chi connectivity index (χ0) is 34.6. The van der Waals surface area contributed by atoms with Gasteiger partial charge in [0.1, 0.15) is 23.4 Å². The molecule has 0 saturated carbocycles. The lowest BCUT2D eigenvalue weighted by molar-refractivity contribution is -0.131. The summed E-state index contributed by atoms with van der Waals surface area (Å²) in [6, 6.07) is 13.4. The fourth-order valence-electron chi connectivity index (χ4n) is 8.85. The summed E-state index contributed by atoms with van der Waals surface area (Å²) in [5, 5.41) is 14.1. The molecule has 1 unspecified atom stereocenters. The van der Waals surface area contributed by atoms with E-state index in [2.05, 4.69) is 48.1 Å². The molecule has 0 radical (unpaired) electrons. The van der Waals surface area contributed by atoms with Crippen molar-refractivity contribution in [3.8, 4) is 29.1 Å². The van der Waals surface area contributed by atoms with E-state index >= 15 is 0 Å². The van der Waals surface area contributed by atoms with E-state index in [4.69, 9.17) is 30.5 Å². The highest BCUT2D eigenvalue weighted by molar-refractivity contribution is 6.26. The molecular formula is C38H41ClN4O6. The van der Waals surface area contributed by atoms with Gasteiger partial charge in [-0.25, -0.2) is 0 Å². The van der Waals surface area contributed by atoms with Gasteiger partial charge in [0.2, 0.25) is 12.7 Å². The van der Waals surface area contributed by atoms with Crippen LogP contribution < -0.4 is 24.3 Å². The molecule has 49 heavy (non-hydrogen) atoms. The van der Waals surface area contributed by atoms with Crippen molar-refractivity contribution in [2.75, 3.05) is 33.4 Å². The number of nitrogens with one attached hydrogen (secondary N) is 1. The summed E-state index contributed by atoms with van der Waals surface area (Å²) in [7, 11) is 3.80. The second-order valence-corrected chi connectivity index (χ2v) is 13.7. The van der Waals surface area contributed by atoms with E-state index < -0.39 is 18.1 Å². The molecule has 1 N–H and O–H groups in total. The molecule has 1 fully saturated rings. The van der Waals surface area contributed by atoms with Gasteiger partial charge < -0.3 is 24.3 Å². The van der Waals surface area contributed by atoms with Gasteiger partial charge in [-0.1, -0.05) is 36.4 Å². The van der Waals surface area contributed by atoms with Crippen LogP contribution in [0.15, 0.2) is 36.4 Å². The molecule has 10 nitrogen and oxygen atoms in total. The largest absolute Gasteiger partial charge is 0.496 e. The molecule has 256 valence electrons. The number of nitrogens with zero attached hydrogens (tertiary/aromatic N) is 3. The molecule has 0 aromatic heterocycles. The molecule has 0 spiro atoms. The van der Waals surface area contributed by atoms with Gasteiger partial charge >= 0.3 is 5.97 Å². The summed E-state index contributed by atoms with van der Waals surface area (Å²) in [5.41, 5.74) is 7.87. The zero-order valence-corrected chi connectivity index (χ0v) is 29.2. The fourth-order valence-corrected chi connectivity index (χ4v) is 8.90. The van der Waals surface area contributed by atoms with Crippen molar-refractivity contribution in [2.24, 2.45) is 0 Å². The van der Waals surface area contributed by atoms with Crippen molar-refractivity contribution >= 4 is 23.5 Å². The normalized spacial score (nSPS) is 23.5. The second kappa shape index (κ2) is 13.2. The predicted octanol–water partition coefficient (Wildman–Crippen LogP) is 5.01. The highest BCUT2D eigenvalue weighted by atomic mass is 35.5. The van der Waals surface area contributed by atoms with Crippen LogP contribution in [0.25, 0.3) is 0 Å². The van der Waals surface area contributed by atoms with Gasteiger partial charge in [-0.05, 0) is 74.9 Å². The molecule has 11 heteroatoms. The number of carbonyl (C=O) groups is 2. The van der Waals surface area contributed by atoms with E-state index in [-0.39, 0.29) is 43.3 Å². The Labute approximate surface area is 291 Å². The van der Waals surface area contributed by atoms with Crippen molar-refractivity contribution in [2.45, 2.75) is 76.7 Å². The van der Waals surface area contributed by atoms with Crippen molar-refractivity contribution < 1.29 is 28.5 Å². The predicted molar refractivity (Wildman–Crippen MR) is 183 cm³/mol. The summed E-state index contributed by atoms with van der Waals surface area (Å²) < 4.78 is 24.0. The maximum Gasteiger partial charge on any atom is 0.326 e. The molecular weight excluding hydrogens is 644 g/mol. The standard InChI is InChI=1S/C38H41ClN4O6/c1-20-13-24-14-26-28(17-40)43-27(34(42(26)4)32(24)21(2)35(20)46-5)15-25-33(29(43)18-41-30(44)12-11-23-9-7-6-8-10-23)38-37(47-19-48-38)22(3)36(25)49-31(45)16-39/h6-10,13,26-29,34H,11-12,14-16,18-19H2,1-5H3,(H,41,44)/t26-,27?,28+,29+,34-/m1/s1. The molecule has 2 bridgehead atoms. The summed E-state index contributed by atoms with van der Waals surface area (Å²) in [5.74, 6) is 1.34. The summed E-state index contributed by atoms with van der Waals surface area (Å²) >= 11 is 5.95. The zero-order valence-electron chi connectivity index (χ0n) is 28.5. The average molecular weight is 685 g/mol. The number of piperazine rings is 1. The third-order valence-corrected chi connectivity index (χ3v) is 11.1. The lowest BCUT2D eigenvalue weighted by Crippen LogP contribution is -2.69. The molecule has 1 saturated heterocycles. The number of amides is 1. The van der Waals surface area contributed by atoms with Crippen molar-refractivity contribution in [3.05, 3.63) is 80.9 Å². The van der Waals surface area contributed by atoms with Crippen LogP contribution in [0.1, 0.15) is 63.0 Å². The maximum absolute atomic E-state index is 13.4. The Kier molecular flexibility index (Phi) is 8.94. The Morgan fingerprint density at radius 3 is 2.51 bits per heavy atom. The first-order valence-corrected chi connectivity index (χ1v) is 17.3. The number of carbonyl (C=O) groups excluding carboxylic acids is 2. The third-order valence-electron chi connectivity index (χ3n) is 10.8. The SMILES string of the molecule is COc1c(C)cc2c(c1C)[C@H]1C3Cc4c(OC(=O)CCl)c(C)c5c(c4[C@H](CNC(=O)CCc4ccccc4)N3[C@@H](C#N)[C@@H](C2)N1C)OCO5. The van der Waals surface area contributed by atoms with Gasteiger partial charge in [0, 0.05) is 41.7 Å². The number of hydrogen-bond donors (Lipinski definition) is 1. The number of likely N-dealkylation sites (N-methyl/N-ethyl adjacent to an activating group) is 1. The molecule has 4 heterocycles. The van der Waals surface area contributed by atoms with Crippen LogP contribution in [0.2, 0.25) is 0 Å². The van der Waals surface area contributed by atoms with Crippen LogP contribution in [-0.2, 0) is 28.9 Å². The van der Waals surface area contributed by atoms with E-state index in [1.165, 1.54) is 11.1 Å².